The van der Waals surface area contributed by atoms with Crippen molar-refractivity contribution in [2.75, 3.05) is 13.9 Å². The summed E-state index contributed by atoms with van der Waals surface area (Å²) in [4.78, 5) is 11.1. The molecule has 8 heteroatoms. The van der Waals surface area contributed by atoms with Crippen molar-refractivity contribution < 1.29 is 23.9 Å². The quantitative estimate of drug-likeness (QED) is 0.568. The van der Waals surface area contributed by atoms with Crippen LogP contribution in [-0.4, -0.2) is 18.8 Å². The number of benzene rings is 2. The van der Waals surface area contributed by atoms with E-state index in [-0.39, 0.29) is 12.5 Å². The molecule has 0 saturated carbocycles. The van der Waals surface area contributed by atoms with Gasteiger partial charge < -0.3 is 18.9 Å². The van der Waals surface area contributed by atoms with Gasteiger partial charge in [0, 0.05) is 21.7 Å². The van der Waals surface area contributed by atoms with Crippen LogP contribution in [-0.2, 0) is 0 Å². The summed E-state index contributed by atoms with van der Waals surface area (Å²) in [6, 6.07) is 8.64. The molecule has 2 aromatic carbocycles. The van der Waals surface area contributed by atoms with E-state index in [9.17, 15) is 10.1 Å². The number of nitrogens with zero attached hydrogens (tertiary/aromatic N) is 1. The average Bonchev–Trinajstić information content (AvgIpc) is 3.07. The number of fused-ring (bicyclic) bond motifs is 2. The number of methoxy groups -OCH3 is 1. The Kier molecular flexibility index (Phi) is 3.76. The molecule has 2 aliphatic heterocycles. The SMILES string of the molecule is COc1cc(Br)cc2c1OC(c1ccc3c(c1)OCO3)C([N+](=O)[O-])=C2. The smallest absolute Gasteiger partial charge is 0.291 e. The topological polar surface area (TPSA) is 80.1 Å². The molecule has 0 amide bonds. The molecule has 2 aromatic rings. The number of hydrogen-bond donors (Lipinski definition) is 0. The molecule has 1 atom stereocenters. The normalized spacial score (nSPS) is 17.4. The number of hydrogen-bond acceptors (Lipinski definition) is 6. The average molecular weight is 406 g/mol. The summed E-state index contributed by atoms with van der Waals surface area (Å²) in [5.41, 5.74) is 1.12. The lowest BCUT2D eigenvalue weighted by atomic mass is 10.0. The van der Waals surface area contributed by atoms with Crippen LogP contribution in [0.1, 0.15) is 17.2 Å². The minimum atomic E-state index is -0.882. The molecule has 128 valence electrons. The highest BCUT2D eigenvalue weighted by molar-refractivity contribution is 9.10. The zero-order chi connectivity index (χ0) is 17.6. The second kappa shape index (κ2) is 5.96. The second-order valence-corrected chi connectivity index (χ2v) is 6.38. The standard InChI is InChI=1S/C17H12BrNO6/c1-22-15-7-11(18)4-10-5-12(19(20)21)16(25-17(10)15)9-2-3-13-14(6-9)24-8-23-13/h2-7,16H,8H2,1H3. The zero-order valence-corrected chi connectivity index (χ0v) is 14.6. The van der Waals surface area contributed by atoms with Crippen molar-refractivity contribution in [2.45, 2.75) is 6.10 Å². The molecule has 0 fully saturated rings. The van der Waals surface area contributed by atoms with Crippen LogP contribution in [0.3, 0.4) is 0 Å². The van der Waals surface area contributed by atoms with Crippen LogP contribution < -0.4 is 18.9 Å². The monoisotopic (exact) mass is 405 g/mol. The summed E-state index contributed by atoms with van der Waals surface area (Å²) < 4.78 is 22.7. The summed E-state index contributed by atoms with van der Waals surface area (Å²) in [7, 11) is 1.52. The molecule has 0 aromatic heterocycles. The van der Waals surface area contributed by atoms with E-state index >= 15 is 0 Å². The molecule has 1 unspecified atom stereocenters. The summed E-state index contributed by atoms with van der Waals surface area (Å²) in [6.07, 6.45) is 0.619. The Balaban J connectivity index is 1.83. The molecule has 0 saturated heterocycles. The van der Waals surface area contributed by atoms with E-state index in [2.05, 4.69) is 15.9 Å². The lowest BCUT2D eigenvalue weighted by Gasteiger charge is -2.24. The van der Waals surface area contributed by atoms with Crippen molar-refractivity contribution >= 4 is 22.0 Å². The van der Waals surface area contributed by atoms with Crippen molar-refractivity contribution in [3.63, 3.8) is 0 Å². The molecule has 2 heterocycles. The van der Waals surface area contributed by atoms with E-state index in [4.69, 9.17) is 18.9 Å². The summed E-state index contributed by atoms with van der Waals surface area (Å²) in [5.74, 6) is 2.10. The van der Waals surface area contributed by atoms with Gasteiger partial charge in [0.1, 0.15) is 0 Å². The van der Waals surface area contributed by atoms with Gasteiger partial charge in [0.15, 0.2) is 23.0 Å². The first-order valence-corrected chi connectivity index (χ1v) is 8.16. The fourth-order valence-corrected chi connectivity index (χ4v) is 3.30. The third-order valence-corrected chi connectivity index (χ3v) is 4.44. The van der Waals surface area contributed by atoms with Crippen LogP contribution >= 0.6 is 15.9 Å². The maximum absolute atomic E-state index is 11.6. The van der Waals surface area contributed by atoms with Crippen LogP contribution in [0.15, 0.2) is 40.5 Å². The number of halogens is 1. The van der Waals surface area contributed by atoms with Crippen LogP contribution in [0, 0.1) is 10.1 Å². The van der Waals surface area contributed by atoms with Gasteiger partial charge in [-0.05, 0) is 24.3 Å². The highest BCUT2D eigenvalue weighted by Crippen LogP contribution is 2.45. The van der Waals surface area contributed by atoms with Gasteiger partial charge in [0.2, 0.25) is 12.9 Å². The number of nitro groups is 1. The Bertz CT molecular complexity index is 910. The third-order valence-electron chi connectivity index (χ3n) is 3.99. The zero-order valence-electron chi connectivity index (χ0n) is 13.0. The van der Waals surface area contributed by atoms with E-state index in [1.807, 2.05) is 0 Å². The van der Waals surface area contributed by atoms with Crippen LogP contribution in [0.5, 0.6) is 23.0 Å². The van der Waals surface area contributed by atoms with Gasteiger partial charge >= 0.3 is 0 Å². The van der Waals surface area contributed by atoms with Crippen molar-refractivity contribution in [3.05, 3.63) is 61.7 Å². The maximum atomic E-state index is 11.6. The van der Waals surface area contributed by atoms with Crippen molar-refractivity contribution in [2.24, 2.45) is 0 Å². The molecular weight excluding hydrogens is 394 g/mol. The molecule has 0 spiro atoms. The van der Waals surface area contributed by atoms with Gasteiger partial charge in [-0.25, -0.2) is 0 Å². The Morgan fingerprint density at radius 2 is 2.04 bits per heavy atom. The maximum Gasteiger partial charge on any atom is 0.291 e. The van der Waals surface area contributed by atoms with Gasteiger partial charge in [-0.3, -0.25) is 10.1 Å². The fraction of sp³-hybridized carbons (Fsp3) is 0.176. The van der Waals surface area contributed by atoms with E-state index in [0.29, 0.717) is 34.1 Å². The molecule has 7 nitrogen and oxygen atoms in total. The number of rotatable bonds is 3. The Morgan fingerprint density at radius 1 is 1.24 bits per heavy atom. The van der Waals surface area contributed by atoms with Gasteiger partial charge in [0.05, 0.1) is 12.0 Å². The minimum absolute atomic E-state index is 0.0634. The predicted octanol–water partition coefficient (Wildman–Crippen LogP) is 3.94. The predicted molar refractivity (Wildman–Crippen MR) is 91.6 cm³/mol. The van der Waals surface area contributed by atoms with E-state index in [1.54, 1.807) is 30.3 Å². The Hall–Kier alpha value is -2.74. The van der Waals surface area contributed by atoms with Gasteiger partial charge in [-0.15, -0.1) is 0 Å². The van der Waals surface area contributed by atoms with Gasteiger partial charge in [-0.1, -0.05) is 22.0 Å². The molecule has 4 rings (SSSR count). The first kappa shape index (κ1) is 15.8. The van der Waals surface area contributed by atoms with Gasteiger partial charge in [-0.2, -0.15) is 0 Å². The Morgan fingerprint density at radius 3 is 2.80 bits per heavy atom. The highest BCUT2D eigenvalue weighted by Gasteiger charge is 2.35. The largest absolute Gasteiger partial charge is 0.493 e. The first-order chi connectivity index (χ1) is 12.1. The first-order valence-electron chi connectivity index (χ1n) is 7.36. The number of ether oxygens (including phenoxy) is 4. The lowest BCUT2D eigenvalue weighted by Crippen LogP contribution is -2.20. The molecule has 0 bridgehead atoms. The van der Waals surface area contributed by atoms with E-state index in [0.717, 1.165) is 4.47 Å². The molecule has 25 heavy (non-hydrogen) atoms. The fourth-order valence-electron chi connectivity index (χ4n) is 2.85. The minimum Gasteiger partial charge on any atom is -0.493 e. The van der Waals surface area contributed by atoms with Crippen LogP contribution in [0.25, 0.3) is 6.08 Å². The third kappa shape index (κ3) is 2.68. The van der Waals surface area contributed by atoms with Crippen molar-refractivity contribution in [3.8, 4) is 23.0 Å². The second-order valence-electron chi connectivity index (χ2n) is 5.46. The van der Waals surface area contributed by atoms with Crippen molar-refractivity contribution in [1.82, 2.24) is 0 Å². The molecule has 0 radical (unpaired) electrons. The van der Waals surface area contributed by atoms with E-state index in [1.165, 1.54) is 13.2 Å². The summed E-state index contributed by atoms with van der Waals surface area (Å²) >= 11 is 3.37. The molecule has 2 aliphatic rings. The molecule has 0 N–H and O–H groups in total. The summed E-state index contributed by atoms with van der Waals surface area (Å²) in [6.45, 7) is 0.132. The molecule has 0 aliphatic carbocycles. The summed E-state index contributed by atoms with van der Waals surface area (Å²) in [5, 5.41) is 11.6. The Labute approximate surface area is 151 Å². The van der Waals surface area contributed by atoms with Crippen molar-refractivity contribution in [1.29, 1.82) is 0 Å². The van der Waals surface area contributed by atoms with Crippen LogP contribution in [0.2, 0.25) is 0 Å². The van der Waals surface area contributed by atoms with Gasteiger partial charge in [0.25, 0.3) is 5.70 Å². The van der Waals surface area contributed by atoms with E-state index < -0.39 is 11.0 Å². The highest BCUT2D eigenvalue weighted by atomic mass is 79.9. The lowest BCUT2D eigenvalue weighted by molar-refractivity contribution is -0.434. The molecular formula is C17H12BrNO6. The van der Waals surface area contributed by atoms with Crippen LogP contribution in [0.4, 0.5) is 0 Å².